The van der Waals surface area contributed by atoms with Gasteiger partial charge in [0.1, 0.15) is 0 Å². The molecule has 0 aliphatic rings. The molecule has 0 spiro atoms. The topological polar surface area (TPSA) is 26.3 Å². The van der Waals surface area contributed by atoms with E-state index in [2.05, 4.69) is 4.74 Å². The van der Waals surface area contributed by atoms with Gasteiger partial charge in [0.05, 0.1) is 7.11 Å². The molecule has 0 saturated heterocycles. The van der Waals surface area contributed by atoms with Gasteiger partial charge in [0, 0.05) is 0 Å². The molecule has 36 valence electrons. The first kappa shape index (κ1) is 10.9. The minimum absolute atomic E-state index is 0. The molecular weight excluding hydrogens is 119 g/mol. The van der Waals surface area contributed by atoms with Crippen molar-refractivity contribution in [2.24, 2.45) is 0 Å². The van der Waals surface area contributed by atoms with Crippen molar-refractivity contribution in [2.75, 3.05) is 7.11 Å². The number of hydrogen-bond donors (Lipinski definition) is 0. The Morgan fingerprint density at radius 1 is 1.71 bits per heavy atom. The number of methoxy groups -OCH3 is 1. The van der Waals surface area contributed by atoms with Crippen LogP contribution in [0.1, 0.15) is 6.92 Å². The molecule has 0 aliphatic carbocycles. The second-order valence-corrected chi connectivity index (χ2v) is 0.812. The third kappa shape index (κ3) is 6.98. The van der Waals surface area contributed by atoms with E-state index in [1.54, 1.807) is 6.92 Å². The van der Waals surface area contributed by atoms with Crippen LogP contribution < -0.4 is 51.4 Å². The summed E-state index contributed by atoms with van der Waals surface area (Å²) in [5.41, 5.74) is 0. The number of rotatable bonds is 1. The van der Waals surface area contributed by atoms with Crippen LogP contribution in [-0.4, -0.2) is 13.1 Å². The van der Waals surface area contributed by atoms with Crippen molar-refractivity contribution in [3.8, 4) is 0 Å². The smallest absolute Gasteiger partial charge is 0.491 e. The fourth-order valence-corrected chi connectivity index (χ4v) is 0.118. The Bertz CT molecular complexity index is 47.7. The predicted molar refractivity (Wildman–Crippen MR) is 22.0 cm³/mol. The Balaban J connectivity index is 0. The number of carbonyl (C=O) groups excluding carboxylic acids is 1. The van der Waals surface area contributed by atoms with E-state index in [1.165, 1.54) is 13.5 Å². The monoisotopic (exact) mass is 126 g/mol. The Morgan fingerprint density at radius 2 is 2.14 bits per heavy atom. The van der Waals surface area contributed by atoms with Gasteiger partial charge in [0.15, 0.2) is 5.97 Å². The van der Waals surface area contributed by atoms with Crippen LogP contribution in [0.25, 0.3) is 0 Å². The third-order valence-electron chi connectivity index (χ3n) is 0.437. The van der Waals surface area contributed by atoms with Crippen molar-refractivity contribution < 1.29 is 60.9 Å². The van der Waals surface area contributed by atoms with Crippen LogP contribution >= 0.6 is 0 Å². The van der Waals surface area contributed by atoms with Crippen molar-refractivity contribution in [1.29, 1.82) is 0 Å². The summed E-state index contributed by atoms with van der Waals surface area (Å²) in [7, 11) is 1.35. The molecule has 0 bridgehead atoms. The molecule has 0 aromatic rings. The van der Waals surface area contributed by atoms with Crippen LogP contribution in [0.15, 0.2) is 0 Å². The third-order valence-corrected chi connectivity index (χ3v) is 0.437. The summed E-state index contributed by atoms with van der Waals surface area (Å²) >= 11 is 0. The van der Waals surface area contributed by atoms with E-state index in [9.17, 15) is 4.79 Å². The van der Waals surface area contributed by atoms with Crippen molar-refractivity contribution in [3.63, 3.8) is 0 Å². The quantitative estimate of drug-likeness (QED) is 0.218. The van der Waals surface area contributed by atoms with Gasteiger partial charge in [-0.25, -0.2) is 0 Å². The Hall–Kier alpha value is 0.976. The molecule has 0 radical (unpaired) electrons. The van der Waals surface area contributed by atoms with Crippen LogP contribution in [0.2, 0.25) is 0 Å². The molecule has 0 atom stereocenters. The predicted octanol–water partition coefficient (Wildman–Crippen LogP) is -2.61. The van der Waals surface area contributed by atoms with Crippen molar-refractivity contribution in [1.82, 2.24) is 0 Å². The molecule has 0 aliphatic heterocycles. The average molecular weight is 126 g/mol. The molecule has 0 heterocycles. The standard InChI is InChI=1S/C4H7O2.K/c1-3-4(5)6-2;/h3H,1-2H3;/q-1;+1. The first-order valence-electron chi connectivity index (χ1n) is 1.68. The Morgan fingerprint density at radius 3 is 2.14 bits per heavy atom. The maximum absolute atomic E-state index is 9.90. The molecule has 0 N–H and O–H groups in total. The van der Waals surface area contributed by atoms with Gasteiger partial charge < -0.3 is 4.74 Å². The number of esters is 1. The van der Waals surface area contributed by atoms with E-state index in [0.717, 1.165) is 0 Å². The maximum atomic E-state index is 9.90. The van der Waals surface area contributed by atoms with Crippen LogP contribution in [-0.2, 0) is 9.53 Å². The molecule has 0 unspecified atom stereocenters. The normalized spacial score (nSPS) is 6.00. The van der Waals surface area contributed by atoms with E-state index < -0.39 is 0 Å². The first-order valence-corrected chi connectivity index (χ1v) is 1.68. The molecule has 0 aromatic carbocycles. The summed E-state index contributed by atoms with van der Waals surface area (Å²) in [6, 6.07) is 0. The summed E-state index contributed by atoms with van der Waals surface area (Å²) in [4.78, 5) is 9.90. The molecule has 0 amide bonds. The molecule has 3 heteroatoms. The van der Waals surface area contributed by atoms with Crippen LogP contribution in [0.4, 0.5) is 0 Å². The number of hydrogen-bond acceptors (Lipinski definition) is 2. The minimum atomic E-state index is -0.282. The zero-order valence-electron chi connectivity index (χ0n) is 4.89. The second kappa shape index (κ2) is 6.98. The summed E-state index contributed by atoms with van der Waals surface area (Å²) in [5.74, 6) is -0.282. The zero-order chi connectivity index (χ0) is 4.99. The van der Waals surface area contributed by atoms with Gasteiger partial charge in [-0.05, 0) is 0 Å². The molecule has 0 saturated carbocycles. The van der Waals surface area contributed by atoms with Gasteiger partial charge in [-0.2, -0.15) is 6.92 Å². The van der Waals surface area contributed by atoms with Gasteiger partial charge in [-0.15, -0.1) is 0 Å². The van der Waals surface area contributed by atoms with E-state index in [-0.39, 0.29) is 57.4 Å². The molecular formula is C4H7KO2. The fraction of sp³-hybridized carbons (Fsp3) is 0.500. The van der Waals surface area contributed by atoms with Crippen LogP contribution in [0, 0.1) is 6.42 Å². The van der Waals surface area contributed by atoms with Crippen molar-refractivity contribution in [3.05, 3.63) is 6.42 Å². The number of ether oxygens (including phenoxy) is 1. The molecule has 0 aromatic heterocycles. The largest absolute Gasteiger partial charge is 1.00 e. The number of carbonyl (C=O) groups is 1. The van der Waals surface area contributed by atoms with Gasteiger partial charge >= 0.3 is 51.4 Å². The second-order valence-electron chi connectivity index (χ2n) is 0.812. The fourth-order valence-electron chi connectivity index (χ4n) is 0.118. The van der Waals surface area contributed by atoms with Gasteiger partial charge in [-0.3, -0.25) is 11.2 Å². The summed E-state index contributed by atoms with van der Waals surface area (Å²) in [6.45, 7) is 1.63. The maximum Gasteiger partial charge on any atom is 1.00 e. The Kier molecular flexibility index (Phi) is 10.8. The summed E-state index contributed by atoms with van der Waals surface area (Å²) < 4.78 is 4.20. The molecule has 7 heavy (non-hydrogen) atoms. The van der Waals surface area contributed by atoms with E-state index in [4.69, 9.17) is 0 Å². The Labute approximate surface area is 86.0 Å². The van der Waals surface area contributed by atoms with Crippen LogP contribution in [0.5, 0.6) is 0 Å². The first-order chi connectivity index (χ1) is 2.81. The van der Waals surface area contributed by atoms with E-state index >= 15 is 0 Å². The van der Waals surface area contributed by atoms with Crippen molar-refractivity contribution >= 4 is 5.97 Å². The van der Waals surface area contributed by atoms with Crippen LogP contribution in [0.3, 0.4) is 0 Å². The van der Waals surface area contributed by atoms with E-state index in [0.29, 0.717) is 0 Å². The van der Waals surface area contributed by atoms with Gasteiger partial charge in [-0.1, -0.05) is 0 Å². The van der Waals surface area contributed by atoms with Crippen molar-refractivity contribution in [2.45, 2.75) is 6.92 Å². The summed E-state index contributed by atoms with van der Waals surface area (Å²) in [5, 5.41) is 0. The van der Waals surface area contributed by atoms with Gasteiger partial charge in [0.25, 0.3) is 0 Å². The molecule has 2 nitrogen and oxygen atoms in total. The SMILES string of the molecule is C[CH-]C(=O)OC.[K+]. The molecule has 0 rings (SSSR count). The zero-order valence-corrected chi connectivity index (χ0v) is 8.02. The summed E-state index contributed by atoms with van der Waals surface area (Å²) in [6.07, 6.45) is 1.36. The average Bonchev–Trinajstić information content (AvgIpc) is 1.65. The minimum Gasteiger partial charge on any atom is -0.491 e. The van der Waals surface area contributed by atoms with Gasteiger partial charge in [0.2, 0.25) is 0 Å². The molecule has 0 fully saturated rings. The van der Waals surface area contributed by atoms with E-state index in [1.807, 2.05) is 0 Å².